The molecule has 0 amide bonds. The summed E-state index contributed by atoms with van der Waals surface area (Å²) in [5.41, 5.74) is 1.53. The van der Waals surface area contributed by atoms with Crippen molar-refractivity contribution < 1.29 is 29.3 Å². The van der Waals surface area contributed by atoms with Crippen LogP contribution in [0.3, 0.4) is 0 Å². The number of hydrogen-bond acceptors (Lipinski definition) is 4. The second-order valence-corrected chi connectivity index (χ2v) is 5.63. The summed E-state index contributed by atoms with van der Waals surface area (Å²) in [6, 6.07) is 9.51. The number of halogens is 1. The lowest BCUT2D eigenvalue weighted by atomic mass is 10.1. The molecule has 0 unspecified atom stereocenters. The molecule has 7 heteroatoms. The third-order valence-electron chi connectivity index (χ3n) is 3.33. The molecule has 0 spiro atoms. The molecule has 136 valence electrons. The molecule has 0 aliphatic rings. The van der Waals surface area contributed by atoms with Gasteiger partial charge in [-0.05, 0) is 48.4 Å². The Labute approximate surface area is 155 Å². The number of aromatic carboxylic acids is 1. The number of rotatable bonds is 8. The zero-order chi connectivity index (χ0) is 19.1. The van der Waals surface area contributed by atoms with E-state index in [2.05, 4.69) is 0 Å². The van der Waals surface area contributed by atoms with Gasteiger partial charge in [-0.2, -0.15) is 0 Å². The van der Waals surface area contributed by atoms with E-state index in [0.717, 1.165) is 11.6 Å². The minimum atomic E-state index is -1.07. The summed E-state index contributed by atoms with van der Waals surface area (Å²) in [6.07, 6.45) is 2.41. The second kappa shape index (κ2) is 8.92. The molecule has 0 saturated heterocycles. The zero-order valence-corrected chi connectivity index (χ0v) is 14.7. The lowest BCUT2D eigenvalue weighted by Gasteiger charge is -2.14. The molecule has 0 bridgehead atoms. The van der Waals surface area contributed by atoms with Crippen molar-refractivity contribution in [3.8, 4) is 11.5 Å². The van der Waals surface area contributed by atoms with E-state index in [4.69, 9.17) is 31.3 Å². The van der Waals surface area contributed by atoms with Crippen LogP contribution in [-0.4, -0.2) is 28.8 Å². The monoisotopic (exact) mass is 376 g/mol. The first kappa shape index (κ1) is 19.3. The van der Waals surface area contributed by atoms with Crippen LogP contribution in [0.5, 0.6) is 11.5 Å². The molecule has 6 nitrogen and oxygen atoms in total. The van der Waals surface area contributed by atoms with Crippen molar-refractivity contribution in [2.45, 2.75) is 13.5 Å². The van der Waals surface area contributed by atoms with E-state index in [9.17, 15) is 9.59 Å². The Morgan fingerprint density at radius 3 is 2.38 bits per heavy atom. The molecular weight excluding hydrogens is 360 g/mol. The van der Waals surface area contributed by atoms with Gasteiger partial charge in [0.05, 0.1) is 17.2 Å². The highest BCUT2D eigenvalue weighted by Gasteiger charge is 2.13. The molecule has 2 rings (SSSR count). The van der Waals surface area contributed by atoms with E-state index in [-0.39, 0.29) is 17.2 Å². The summed E-state index contributed by atoms with van der Waals surface area (Å²) in [7, 11) is 0. The lowest BCUT2D eigenvalue weighted by molar-refractivity contribution is -0.131. The number of carbonyl (C=O) groups is 2. The topological polar surface area (TPSA) is 93.1 Å². The van der Waals surface area contributed by atoms with E-state index < -0.39 is 11.9 Å². The number of carboxylic acids is 2. The summed E-state index contributed by atoms with van der Waals surface area (Å²) >= 11 is 6.25. The van der Waals surface area contributed by atoms with Gasteiger partial charge >= 0.3 is 11.9 Å². The average molecular weight is 377 g/mol. The SMILES string of the molecule is CCOc1cc(/C=C/C(=O)O)cc(Cl)c1OCc1ccc(C(=O)O)cc1. The van der Waals surface area contributed by atoms with Crippen molar-refractivity contribution >= 4 is 29.6 Å². The molecule has 0 fully saturated rings. The summed E-state index contributed by atoms with van der Waals surface area (Å²) in [5.74, 6) is -1.33. The first-order chi connectivity index (χ1) is 12.4. The van der Waals surface area contributed by atoms with Crippen molar-refractivity contribution in [2.24, 2.45) is 0 Å². The summed E-state index contributed by atoms with van der Waals surface area (Å²) < 4.78 is 11.3. The van der Waals surface area contributed by atoms with Crippen LogP contribution in [-0.2, 0) is 11.4 Å². The van der Waals surface area contributed by atoms with Crippen LogP contribution < -0.4 is 9.47 Å². The minimum Gasteiger partial charge on any atom is -0.490 e. The predicted octanol–water partition coefficient (Wildman–Crippen LogP) is 4.11. The molecule has 0 aliphatic carbocycles. The largest absolute Gasteiger partial charge is 0.490 e. The zero-order valence-electron chi connectivity index (χ0n) is 13.9. The van der Waals surface area contributed by atoms with Crippen LogP contribution in [0.2, 0.25) is 5.02 Å². The molecule has 2 N–H and O–H groups in total. The van der Waals surface area contributed by atoms with Crippen molar-refractivity contribution in [1.29, 1.82) is 0 Å². The number of aliphatic carboxylic acids is 1. The summed E-state index contributed by atoms with van der Waals surface area (Å²) in [4.78, 5) is 21.5. The van der Waals surface area contributed by atoms with Crippen LogP contribution in [0, 0.1) is 0 Å². The quantitative estimate of drug-likeness (QED) is 0.673. The summed E-state index contributed by atoms with van der Waals surface area (Å²) in [5, 5.41) is 17.9. The van der Waals surface area contributed by atoms with Crippen molar-refractivity contribution in [3.63, 3.8) is 0 Å². The van der Waals surface area contributed by atoms with Gasteiger partial charge in [0.1, 0.15) is 6.61 Å². The fourth-order valence-corrected chi connectivity index (χ4v) is 2.43. The standard InChI is InChI=1S/C19H17ClO6/c1-2-25-16-10-13(5-8-17(21)22)9-15(20)18(16)26-11-12-3-6-14(7-4-12)19(23)24/h3-10H,2,11H2,1H3,(H,21,22)(H,23,24)/b8-5+. The van der Waals surface area contributed by atoms with Gasteiger partial charge in [-0.1, -0.05) is 23.7 Å². The normalized spacial score (nSPS) is 10.7. The molecule has 0 radical (unpaired) electrons. The second-order valence-electron chi connectivity index (χ2n) is 5.23. The van der Waals surface area contributed by atoms with E-state index in [1.165, 1.54) is 18.2 Å². The van der Waals surface area contributed by atoms with E-state index >= 15 is 0 Å². The molecule has 2 aromatic rings. The molecule has 0 aromatic heterocycles. The fraction of sp³-hybridized carbons (Fsp3) is 0.158. The Morgan fingerprint density at radius 1 is 1.12 bits per heavy atom. The maximum absolute atomic E-state index is 10.9. The van der Waals surface area contributed by atoms with Crippen molar-refractivity contribution in [2.75, 3.05) is 6.61 Å². The van der Waals surface area contributed by atoms with E-state index in [1.54, 1.807) is 24.3 Å². The molecule has 0 saturated carbocycles. The van der Waals surface area contributed by atoms with Crippen molar-refractivity contribution in [1.82, 2.24) is 0 Å². The highest BCUT2D eigenvalue weighted by atomic mass is 35.5. The molecular formula is C19H17ClO6. The Balaban J connectivity index is 2.21. The van der Waals surface area contributed by atoms with Gasteiger partial charge in [0, 0.05) is 6.08 Å². The smallest absolute Gasteiger partial charge is 0.335 e. The summed E-state index contributed by atoms with van der Waals surface area (Å²) in [6.45, 7) is 2.36. The molecule has 26 heavy (non-hydrogen) atoms. The first-order valence-corrected chi connectivity index (χ1v) is 8.11. The van der Waals surface area contributed by atoms with E-state index in [1.807, 2.05) is 6.92 Å². The number of carboxylic acid groups (broad SMARTS) is 2. The highest BCUT2D eigenvalue weighted by molar-refractivity contribution is 6.32. The van der Waals surface area contributed by atoms with Crippen LogP contribution in [0.4, 0.5) is 0 Å². The Morgan fingerprint density at radius 2 is 1.81 bits per heavy atom. The van der Waals surface area contributed by atoms with Gasteiger partial charge < -0.3 is 19.7 Å². The maximum atomic E-state index is 10.9. The third kappa shape index (κ3) is 5.26. The fourth-order valence-electron chi connectivity index (χ4n) is 2.15. The maximum Gasteiger partial charge on any atom is 0.335 e. The Bertz CT molecular complexity index is 827. The van der Waals surface area contributed by atoms with Gasteiger partial charge in [0.15, 0.2) is 11.5 Å². The molecule has 0 atom stereocenters. The Hall–Kier alpha value is -2.99. The third-order valence-corrected chi connectivity index (χ3v) is 3.61. The molecule has 2 aromatic carbocycles. The predicted molar refractivity (Wildman–Crippen MR) is 97.0 cm³/mol. The average Bonchev–Trinajstić information content (AvgIpc) is 2.60. The minimum absolute atomic E-state index is 0.171. The van der Waals surface area contributed by atoms with E-state index in [0.29, 0.717) is 23.7 Å². The highest BCUT2D eigenvalue weighted by Crippen LogP contribution is 2.37. The van der Waals surface area contributed by atoms with Gasteiger partial charge in [-0.3, -0.25) is 0 Å². The van der Waals surface area contributed by atoms with Gasteiger partial charge in [0.2, 0.25) is 0 Å². The van der Waals surface area contributed by atoms with Gasteiger partial charge in [-0.15, -0.1) is 0 Å². The van der Waals surface area contributed by atoms with Crippen LogP contribution in [0.25, 0.3) is 6.08 Å². The Kier molecular flexibility index (Phi) is 6.63. The molecule has 0 heterocycles. The number of benzene rings is 2. The van der Waals surface area contributed by atoms with Crippen LogP contribution in [0.1, 0.15) is 28.4 Å². The van der Waals surface area contributed by atoms with Gasteiger partial charge in [0.25, 0.3) is 0 Å². The van der Waals surface area contributed by atoms with Crippen LogP contribution in [0.15, 0.2) is 42.5 Å². The van der Waals surface area contributed by atoms with Crippen LogP contribution >= 0.6 is 11.6 Å². The van der Waals surface area contributed by atoms with Gasteiger partial charge in [-0.25, -0.2) is 9.59 Å². The molecule has 0 aliphatic heterocycles. The number of ether oxygens (including phenoxy) is 2. The first-order valence-electron chi connectivity index (χ1n) is 7.73. The number of hydrogen-bond donors (Lipinski definition) is 2. The lowest BCUT2D eigenvalue weighted by Crippen LogP contribution is -2.02. The van der Waals surface area contributed by atoms with Crippen molar-refractivity contribution in [3.05, 3.63) is 64.2 Å².